The topological polar surface area (TPSA) is 32.8 Å². The average Bonchev–Trinajstić information content (AvgIpc) is 2.53. The molecule has 0 saturated carbocycles. The van der Waals surface area contributed by atoms with Gasteiger partial charge in [0, 0.05) is 30.2 Å². The number of halogens is 2. The summed E-state index contributed by atoms with van der Waals surface area (Å²) in [6, 6.07) is 4.52. The lowest BCUT2D eigenvalue weighted by Gasteiger charge is -2.40. The molecule has 0 N–H and O–H groups in total. The molecular weight excluding hydrogens is 307 g/mol. The Balaban J connectivity index is 1.72. The first-order valence-corrected chi connectivity index (χ1v) is 8.08. The van der Waals surface area contributed by atoms with Crippen LogP contribution in [0.25, 0.3) is 0 Å². The van der Waals surface area contributed by atoms with Crippen LogP contribution in [0.3, 0.4) is 0 Å². The van der Waals surface area contributed by atoms with Crippen molar-refractivity contribution in [1.29, 1.82) is 0 Å². The lowest BCUT2D eigenvalue weighted by molar-refractivity contribution is -0.142. The highest BCUT2D eigenvalue weighted by Gasteiger charge is 2.34. The Bertz CT molecular complexity index is 529. The zero-order chi connectivity index (χ0) is 15.5. The molecule has 1 atom stereocenters. The van der Waals surface area contributed by atoms with E-state index in [0.29, 0.717) is 30.3 Å². The van der Waals surface area contributed by atoms with Crippen LogP contribution in [0.2, 0.25) is 5.02 Å². The predicted octanol–water partition coefficient (Wildman–Crippen LogP) is 2.30. The fourth-order valence-electron chi connectivity index (χ4n) is 3.18. The van der Waals surface area contributed by atoms with E-state index < -0.39 is 0 Å². The lowest BCUT2D eigenvalue weighted by Crippen LogP contribution is -2.54. The number of piperidine rings is 1. The van der Waals surface area contributed by atoms with Crippen molar-refractivity contribution in [2.45, 2.75) is 25.4 Å². The highest BCUT2D eigenvalue weighted by atomic mass is 35.5. The molecule has 1 unspecified atom stereocenters. The maximum atomic E-state index is 13.9. The molecule has 1 aromatic carbocycles. The quantitative estimate of drug-likeness (QED) is 0.854. The van der Waals surface area contributed by atoms with Crippen LogP contribution in [0.15, 0.2) is 18.2 Å². The van der Waals surface area contributed by atoms with Gasteiger partial charge in [-0.25, -0.2) is 4.39 Å². The summed E-state index contributed by atoms with van der Waals surface area (Å²) in [5.41, 5.74) is 0.403. The van der Waals surface area contributed by atoms with Crippen molar-refractivity contribution in [3.05, 3.63) is 34.6 Å². The number of benzene rings is 1. The Labute approximate surface area is 134 Å². The molecule has 22 heavy (non-hydrogen) atoms. The van der Waals surface area contributed by atoms with Crippen molar-refractivity contribution < 1.29 is 13.9 Å². The molecular formula is C16H20ClFN2O2. The number of likely N-dealkylation sites (tertiary alicyclic amines) is 1. The third-order valence-electron chi connectivity index (χ3n) is 4.40. The summed E-state index contributed by atoms with van der Waals surface area (Å²) in [5, 5.41) is 0.376. The van der Waals surface area contributed by atoms with E-state index in [4.69, 9.17) is 16.3 Å². The summed E-state index contributed by atoms with van der Waals surface area (Å²) in [6.07, 6.45) is 1.79. The largest absolute Gasteiger partial charge is 0.379 e. The van der Waals surface area contributed by atoms with E-state index in [1.165, 1.54) is 6.07 Å². The number of hydrogen-bond acceptors (Lipinski definition) is 3. The number of morpholine rings is 1. The van der Waals surface area contributed by atoms with Gasteiger partial charge in [0.15, 0.2) is 0 Å². The Hall–Kier alpha value is -1.17. The molecule has 3 rings (SSSR count). The van der Waals surface area contributed by atoms with Crippen LogP contribution in [0.1, 0.15) is 18.4 Å². The molecule has 0 bridgehead atoms. The molecule has 0 spiro atoms. The van der Waals surface area contributed by atoms with Crippen molar-refractivity contribution in [2.75, 3.05) is 32.8 Å². The summed E-state index contributed by atoms with van der Waals surface area (Å²) in [5.74, 6) is -0.277. The molecule has 0 aromatic heterocycles. The van der Waals surface area contributed by atoms with Crippen molar-refractivity contribution >= 4 is 17.5 Å². The van der Waals surface area contributed by atoms with Gasteiger partial charge in [0.2, 0.25) is 5.91 Å². The van der Waals surface area contributed by atoms with Gasteiger partial charge in [0.1, 0.15) is 5.82 Å². The minimum Gasteiger partial charge on any atom is -0.379 e. The SMILES string of the molecule is O=C1C(N2CCOCC2)CCCN1Cc1c(F)cccc1Cl. The van der Waals surface area contributed by atoms with Gasteiger partial charge in [0.05, 0.1) is 25.8 Å². The van der Waals surface area contributed by atoms with Crippen LogP contribution in [0.5, 0.6) is 0 Å². The van der Waals surface area contributed by atoms with Crippen LogP contribution >= 0.6 is 11.6 Å². The van der Waals surface area contributed by atoms with Crippen LogP contribution in [0.4, 0.5) is 4.39 Å². The minimum absolute atomic E-state index is 0.0764. The second kappa shape index (κ2) is 6.94. The monoisotopic (exact) mass is 326 g/mol. The van der Waals surface area contributed by atoms with Gasteiger partial charge >= 0.3 is 0 Å². The number of amides is 1. The van der Waals surface area contributed by atoms with E-state index in [1.807, 2.05) is 0 Å². The Morgan fingerprint density at radius 3 is 2.77 bits per heavy atom. The zero-order valence-corrected chi connectivity index (χ0v) is 13.2. The highest BCUT2D eigenvalue weighted by Crippen LogP contribution is 2.25. The van der Waals surface area contributed by atoms with Gasteiger partial charge in [-0.1, -0.05) is 17.7 Å². The van der Waals surface area contributed by atoms with Crippen molar-refractivity contribution in [3.8, 4) is 0 Å². The summed E-state index contributed by atoms with van der Waals surface area (Å²) in [7, 11) is 0. The molecule has 0 radical (unpaired) electrons. The van der Waals surface area contributed by atoms with Crippen molar-refractivity contribution in [1.82, 2.24) is 9.80 Å². The van der Waals surface area contributed by atoms with Crippen LogP contribution in [-0.2, 0) is 16.1 Å². The summed E-state index contributed by atoms with van der Waals surface area (Å²) >= 11 is 6.08. The molecule has 6 heteroatoms. The third-order valence-corrected chi connectivity index (χ3v) is 4.75. The van der Waals surface area contributed by atoms with Gasteiger partial charge in [-0.2, -0.15) is 0 Å². The van der Waals surface area contributed by atoms with E-state index in [9.17, 15) is 9.18 Å². The molecule has 2 fully saturated rings. The predicted molar refractivity (Wildman–Crippen MR) is 82.2 cm³/mol. The third kappa shape index (κ3) is 3.26. The number of rotatable bonds is 3. The fraction of sp³-hybridized carbons (Fsp3) is 0.562. The number of carbonyl (C=O) groups excluding carboxylic acids is 1. The number of carbonyl (C=O) groups is 1. The number of ether oxygens (including phenoxy) is 1. The highest BCUT2D eigenvalue weighted by molar-refractivity contribution is 6.31. The number of hydrogen-bond donors (Lipinski definition) is 0. The Kier molecular flexibility index (Phi) is 4.96. The molecule has 1 aromatic rings. The Morgan fingerprint density at radius 1 is 1.27 bits per heavy atom. The maximum Gasteiger partial charge on any atom is 0.240 e. The van der Waals surface area contributed by atoms with Gasteiger partial charge in [0.25, 0.3) is 0 Å². The average molecular weight is 327 g/mol. The summed E-state index contributed by atoms with van der Waals surface area (Å²) < 4.78 is 19.3. The van der Waals surface area contributed by atoms with Gasteiger partial charge in [-0.15, -0.1) is 0 Å². The summed E-state index contributed by atoms with van der Waals surface area (Å²) in [4.78, 5) is 16.6. The van der Waals surface area contributed by atoms with Crippen molar-refractivity contribution in [2.24, 2.45) is 0 Å². The fourth-order valence-corrected chi connectivity index (χ4v) is 3.40. The van der Waals surface area contributed by atoms with Gasteiger partial charge in [-0.3, -0.25) is 9.69 Å². The molecule has 2 aliphatic heterocycles. The second-order valence-corrected chi connectivity index (χ2v) is 6.17. The molecule has 0 aliphatic carbocycles. The van der Waals surface area contributed by atoms with Gasteiger partial charge < -0.3 is 9.64 Å². The van der Waals surface area contributed by atoms with Crippen LogP contribution in [-0.4, -0.2) is 54.6 Å². The van der Waals surface area contributed by atoms with Crippen LogP contribution in [0, 0.1) is 5.82 Å². The molecule has 2 saturated heterocycles. The second-order valence-electron chi connectivity index (χ2n) is 5.77. The van der Waals surface area contributed by atoms with Crippen LogP contribution < -0.4 is 0 Å². The minimum atomic E-state index is -0.353. The first-order valence-electron chi connectivity index (χ1n) is 7.70. The molecule has 1 amide bonds. The lowest BCUT2D eigenvalue weighted by atomic mass is 10.0. The van der Waals surface area contributed by atoms with E-state index in [2.05, 4.69) is 4.90 Å². The molecule has 4 nitrogen and oxygen atoms in total. The molecule has 2 heterocycles. The van der Waals surface area contributed by atoms with E-state index in [1.54, 1.807) is 17.0 Å². The smallest absolute Gasteiger partial charge is 0.240 e. The normalized spacial score (nSPS) is 23.8. The Morgan fingerprint density at radius 2 is 2.05 bits per heavy atom. The summed E-state index contributed by atoms with van der Waals surface area (Å²) in [6.45, 7) is 3.80. The molecule has 2 aliphatic rings. The van der Waals surface area contributed by atoms with E-state index >= 15 is 0 Å². The van der Waals surface area contributed by atoms with Gasteiger partial charge in [-0.05, 0) is 25.0 Å². The zero-order valence-electron chi connectivity index (χ0n) is 12.4. The van der Waals surface area contributed by atoms with E-state index in [-0.39, 0.29) is 24.3 Å². The molecule has 120 valence electrons. The first-order chi connectivity index (χ1) is 10.7. The van der Waals surface area contributed by atoms with Crippen molar-refractivity contribution in [3.63, 3.8) is 0 Å². The maximum absolute atomic E-state index is 13.9. The van der Waals surface area contributed by atoms with E-state index in [0.717, 1.165) is 25.9 Å². The first kappa shape index (κ1) is 15.7. The number of nitrogens with zero attached hydrogens (tertiary/aromatic N) is 2. The standard InChI is InChI=1S/C16H20ClFN2O2/c17-13-3-1-4-14(18)12(13)11-20-6-2-5-15(16(20)21)19-7-9-22-10-8-19/h1,3-4,15H,2,5-11H2.